The van der Waals surface area contributed by atoms with E-state index in [1.807, 2.05) is 12.1 Å². The highest BCUT2D eigenvalue weighted by molar-refractivity contribution is 6.18. The van der Waals surface area contributed by atoms with Crippen molar-refractivity contribution in [2.75, 3.05) is 11.4 Å². The highest BCUT2D eigenvalue weighted by Gasteiger charge is 2.26. The summed E-state index contributed by atoms with van der Waals surface area (Å²) < 4.78 is 0. The summed E-state index contributed by atoms with van der Waals surface area (Å²) in [6, 6.07) is 10.9. The van der Waals surface area contributed by atoms with Crippen molar-refractivity contribution in [3.63, 3.8) is 0 Å². The summed E-state index contributed by atoms with van der Waals surface area (Å²) in [5, 5.41) is 1.17. The maximum Gasteiger partial charge on any atom is 0.129 e. The molecule has 1 aromatic heterocycles. The number of fused-ring (bicyclic) bond motifs is 1. The van der Waals surface area contributed by atoms with Gasteiger partial charge in [-0.05, 0) is 50.3 Å². The number of rotatable bonds is 5. The van der Waals surface area contributed by atoms with Crippen LogP contribution >= 0.6 is 11.6 Å². The van der Waals surface area contributed by atoms with Crippen LogP contribution in [0.15, 0.2) is 30.3 Å². The largest absolute Gasteiger partial charge is 0.354 e. The van der Waals surface area contributed by atoms with E-state index in [2.05, 4.69) is 36.9 Å². The van der Waals surface area contributed by atoms with Crippen LogP contribution in [0.4, 0.5) is 5.82 Å². The molecule has 0 radical (unpaired) electrons. The number of benzene rings is 1. The Labute approximate surface area is 125 Å². The van der Waals surface area contributed by atoms with Crippen molar-refractivity contribution in [1.29, 1.82) is 0 Å². The Morgan fingerprint density at radius 3 is 2.70 bits per heavy atom. The van der Waals surface area contributed by atoms with Gasteiger partial charge >= 0.3 is 0 Å². The number of alkyl halides is 1. The molecule has 106 valence electrons. The van der Waals surface area contributed by atoms with Crippen LogP contribution < -0.4 is 4.90 Å². The van der Waals surface area contributed by atoms with Gasteiger partial charge in [-0.25, -0.2) is 4.98 Å². The summed E-state index contributed by atoms with van der Waals surface area (Å²) in [6.45, 7) is 5.59. The van der Waals surface area contributed by atoms with Crippen molar-refractivity contribution >= 4 is 28.3 Å². The Hall–Kier alpha value is -1.28. The summed E-state index contributed by atoms with van der Waals surface area (Å²) in [4.78, 5) is 7.27. The van der Waals surface area contributed by atoms with E-state index in [0.29, 0.717) is 11.9 Å². The molecule has 2 nitrogen and oxygen atoms in total. The molecule has 20 heavy (non-hydrogen) atoms. The van der Waals surface area contributed by atoms with Gasteiger partial charge in [0.15, 0.2) is 0 Å². The van der Waals surface area contributed by atoms with Gasteiger partial charge < -0.3 is 4.90 Å². The number of halogens is 1. The van der Waals surface area contributed by atoms with Gasteiger partial charge in [0.2, 0.25) is 0 Å². The van der Waals surface area contributed by atoms with Crippen LogP contribution in [-0.4, -0.2) is 17.6 Å². The number of hydrogen-bond acceptors (Lipinski definition) is 2. The molecule has 0 atom stereocenters. The SMILES string of the molecule is CC(C)N(CC1CC1)c1cc(CCl)c2ccccc2n1. The number of hydrogen-bond donors (Lipinski definition) is 0. The first-order chi connectivity index (χ1) is 9.69. The standard InChI is InChI=1S/C17H21ClN2/c1-12(2)20(11-13-7-8-13)17-9-14(10-18)15-5-3-4-6-16(15)19-17/h3-6,9,12-13H,7-8,10-11H2,1-2H3. The predicted octanol–water partition coefficient (Wildman–Crippen LogP) is 4.60. The lowest BCUT2D eigenvalue weighted by atomic mass is 10.1. The summed E-state index contributed by atoms with van der Waals surface area (Å²) >= 11 is 6.13. The van der Waals surface area contributed by atoms with Crippen LogP contribution in [0.1, 0.15) is 32.3 Å². The Balaban J connectivity index is 2.04. The Kier molecular flexibility index (Phi) is 3.84. The molecule has 0 N–H and O–H groups in total. The molecule has 1 aliphatic carbocycles. The van der Waals surface area contributed by atoms with Crippen molar-refractivity contribution in [2.45, 2.75) is 38.6 Å². The normalized spacial score (nSPS) is 15.0. The lowest BCUT2D eigenvalue weighted by Crippen LogP contribution is -2.33. The van der Waals surface area contributed by atoms with E-state index in [9.17, 15) is 0 Å². The molecule has 0 unspecified atom stereocenters. The summed E-state index contributed by atoms with van der Waals surface area (Å²) in [5.74, 6) is 2.46. The van der Waals surface area contributed by atoms with Crippen molar-refractivity contribution in [1.82, 2.24) is 4.98 Å². The van der Waals surface area contributed by atoms with Crippen LogP contribution in [0, 0.1) is 5.92 Å². The van der Waals surface area contributed by atoms with Gasteiger partial charge in [0.05, 0.1) is 5.52 Å². The molecule has 0 amide bonds. The first kappa shape index (κ1) is 13.7. The number of anilines is 1. The first-order valence-electron chi connectivity index (χ1n) is 7.40. The third-order valence-electron chi connectivity index (χ3n) is 4.00. The molecule has 1 saturated carbocycles. The predicted molar refractivity (Wildman–Crippen MR) is 86.5 cm³/mol. The maximum atomic E-state index is 6.13. The maximum absolute atomic E-state index is 6.13. The Bertz CT molecular complexity index is 605. The Morgan fingerprint density at radius 2 is 2.05 bits per heavy atom. The molecular formula is C17H21ClN2. The fourth-order valence-corrected chi connectivity index (χ4v) is 2.86. The van der Waals surface area contributed by atoms with Gasteiger partial charge in [-0.1, -0.05) is 18.2 Å². The van der Waals surface area contributed by atoms with Crippen LogP contribution in [0.3, 0.4) is 0 Å². The van der Waals surface area contributed by atoms with Gasteiger partial charge in [0.1, 0.15) is 5.82 Å². The lowest BCUT2D eigenvalue weighted by molar-refractivity contribution is 0.637. The average molecular weight is 289 g/mol. The second-order valence-corrected chi connectivity index (χ2v) is 6.25. The average Bonchev–Trinajstić information content (AvgIpc) is 3.27. The molecule has 3 rings (SSSR count). The number of para-hydroxylation sites is 1. The van der Waals surface area contributed by atoms with Crippen LogP contribution in [0.5, 0.6) is 0 Å². The quantitative estimate of drug-likeness (QED) is 0.748. The van der Waals surface area contributed by atoms with Crippen molar-refractivity contribution in [3.8, 4) is 0 Å². The summed E-state index contributed by atoms with van der Waals surface area (Å²) in [5.41, 5.74) is 2.22. The van der Waals surface area contributed by atoms with E-state index in [-0.39, 0.29) is 0 Å². The van der Waals surface area contributed by atoms with E-state index in [1.54, 1.807) is 0 Å². The minimum atomic E-state index is 0.465. The minimum absolute atomic E-state index is 0.465. The molecular weight excluding hydrogens is 268 g/mol. The topological polar surface area (TPSA) is 16.1 Å². The molecule has 0 bridgehead atoms. The van der Waals surface area contributed by atoms with E-state index in [1.165, 1.54) is 23.8 Å². The van der Waals surface area contributed by atoms with Gasteiger partial charge in [0.25, 0.3) is 0 Å². The van der Waals surface area contributed by atoms with E-state index >= 15 is 0 Å². The third-order valence-corrected chi connectivity index (χ3v) is 4.29. The van der Waals surface area contributed by atoms with Crippen molar-refractivity contribution in [2.24, 2.45) is 5.92 Å². The highest BCUT2D eigenvalue weighted by Crippen LogP contribution is 2.33. The fraction of sp³-hybridized carbons (Fsp3) is 0.471. The molecule has 0 saturated heterocycles. The van der Waals surface area contributed by atoms with Crippen LogP contribution in [-0.2, 0) is 5.88 Å². The molecule has 1 aliphatic rings. The zero-order valence-corrected chi connectivity index (χ0v) is 12.9. The van der Waals surface area contributed by atoms with Crippen molar-refractivity contribution in [3.05, 3.63) is 35.9 Å². The van der Waals surface area contributed by atoms with E-state index < -0.39 is 0 Å². The van der Waals surface area contributed by atoms with Crippen molar-refractivity contribution < 1.29 is 0 Å². The molecule has 1 heterocycles. The smallest absolute Gasteiger partial charge is 0.129 e. The van der Waals surface area contributed by atoms with Gasteiger partial charge in [-0.3, -0.25) is 0 Å². The molecule has 0 spiro atoms. The zero-order valence-electron chi connectivity index (χ0n) is 12.1. The van der Waals surface area contributed by atoms with Crippen LogP contribution in [0.2, 0.25) is 0 Å². The molecule has 1 fully saturated rings. The second-order valence-electron chi connectivity index (χ2n) is 5.98. The third kappa shape index (κ3) is 2.76. The zero-order chi connectivity index (χ0) is 14.1. The molecule has 1 aromatic carbocycles. The number of aromatic nitrogens is 1. The summed E-state index contributed by atoms with van der Waals surface area (Å²) in [7, 11) is 0. The monoisotopic (exact) mass is 288 g/mol. The molecule has 3 heteroatoms. The minimum Gasteiger partial charge on any atom is -0.354 e. The fourth-order valence-electron chi connectivity index (χ4n) is 2.64. The molecule has 2 aromatic rings. The Morgan fingerprint density at radius 1 is 1.30 bits per heavy atom. The lowest BCUT2D eigenvalue weighted by Gasteiger charge is -2.28. The first-order valence-corrected chi connectivity index (χ1v) is 7.93. The highest BCUT2D eigenvalue weighted by atomic mass is 35.5. The summed E-state index contributed by atoms with van der Waals surface area (Å²) in [6.07, 6.45) is 2.72. The van der Waals surface area contributed by atoms with Crippen LogP contribution in [0.25, 0.3) is 10.9 Å². The second kappa shape index (κ2) is 5.61. The van der Waals surface area contributed by atoms with E-state index in [4.69, 9.17) is 16.6 Å². The number of pyridine rings is 1. The van der Waals surface area contributed by atoms with Gasteiger partial charge in [0, 0.05) is 23.9 Å². The van der Waals surface area contributed by atoms with Gasteiger partial charge in [-0.15, -0.1) is 11.6 Å². The molecule has 0 aliphatic heterocycles. The van der Waals surface area contributed by atoms with E-state index in [0.717, 1.165) is 23.8 Å². The number of nitrogens with zero attached hydrogens (tertiary/aromatic N) is 2. The van der Waals surface area contributed by atoms with Gasteiger partial charge in [-0.2, -0.15) is 0 Å².